The van der Waals surface area contributed by atoms with Gasteiger partial charge in [-0.3, -0.25) is 14.5 Å². The number of carboxylic acid groups (broad SMARTS) is 1. The summed E-state index contributed by atoms with van der Waals surface area (Å²) in [7, 11) is 2.79. The van der Waals surface area contributed by atoms with Gasteiger partial charge in [-0.15, -0.1) is 0 Å². The Kier molecular flexibility index (Phi) is 7.38. The molecule has 1 heterocycles. The topological polar surface area (TPSA) is 121 Å². The van der Waals surface area contributed by atoms with Gasteiger partial charge in [0, 0.05) is 43.0 Å². The Morgan fingerprint density at radius 1 is 1.14 bits per heavy atom. The van der Waals surface area contributed by atoms with Gasteiger partial charge in [0.15, 0.2) is 5.69 Å². The first-order valence-corrected chi connectivity index (χ1v) is 10.4. The van der Waals surface area contributed by atoms with Crippen molar-refractivity contribution in [1.82, 2.24) is 9.88 Å². The molecule has 3 aromatic rings. The summed E-state index contributed by atoms with van der Waals surface area (Å²) in [5, 5.41) is 21.9. The first kappa shape index (κ1) is 25.2. The monoisotopic (exact) mass is 487 g/mol. The molecular weight excluding hydrogens is 464 g/mol. The Hall–Kier alpha value is -4.41. The van der Waals surface area contributed by atoms with Gasteiger partial charge in [-0.25, -0.2) is 13.6 Å². The van der Waals surface area contributed by atoms with Crippen molar-refractivity contribution in [3.05, 3.63) is 70.1 Å². The molecule has 1 aromatic heterocycles. The van der Waals surface area contributed by atoms with E-state index in [2.05, 4.69) is 5.32 Å². The molecule has 0 aliphatic carbocycles. The molecule has 3 rings (SSSR count). The average Bonchev–Trinajstić information content (AvgIpc) is 2.79. The third kappa shape index (κ3) is 5.40. The number of hydrogen-bond donors (Lipinski definition) is 3. The number of carboxylic acids is 1. The van der Waals surface area contributed by atoms with Gasteiger partial charge in [0.1, 0.15) is 23.1 Å². The Bertz CT molecular complexity index is 1360. The zero-order valence-electron chi connectivity index (χ0n) is 19.1. The molecule has 35 heavy (non-hydrogen) atoms. The van der Waals surface area contributed by atoms with Crippen molar-refractivity contribution < 1.29 is 33.3 Å². The summed E-state index contributed by atoms with van der Waals surface area (Å²) in [6.45, 7) is 1.32. The molecule has 0 saturated carbocycles. The van der Waals surface area contributed by atoms with Crippen LogP contribution in [-0.4, -0.2) is 40.4 Å². The number of halogens is 2. The third-order valence-electron chi connectivity index (χ3n) is 5.29. The van der Waals surface area contributed by atoms with Gasteiger partial charge >= 0.3 is 12.0 Å². The summed E-state index contributed by atoms with van der Waals surface area (Å²) in [6, 6.07) is 7.53. The van der Waals surface area contributed by atoms with E-state index >= 15 is 0 Å². The van der Waals surface area contributed by atoms with Crippen LogP contribution in [-0.2, 0) is 11.8 Å². The number of rotatable bonds is 7. The summed E-state index contributed by atoms with van der Waals surface area (Å²) in [4.78, 5) is 38.0. The molecule has 11 heteroatoms. The summed E-state index contributed by atoms with van der Waals surface area (Å²) < 4.78 is 34.5. The van der Waals surface area contributed by atoms with Crippen LogP contribution in [0.4, 0.5) is 25.0 Å². The number of carbonyl (C=O) groups is 2. The minimum absolute atomic E-state index is 0.00110. The minimum atomic E-state index is -1.15. The number of methoxy groups -OCH3 is 1. The summed E-state index contributed by atoms with van der Waals surface area (Å²) in [5.74, 6) is -3.12. The number of aromatic hydroxyl groups is 1. The molecule has 0 spiro atoms. The molecule has 0 radical (unpaired) electrons. The highest BCUT2D eigenvalue weighted by atomic mass is 19.1. The van der Waals surface area contributed by atoms with Crippen molar-refractivity contribution in [3.8, 4) is 22.6 Å². The van der Waals surface area contributed by atoms with Crippen molar-refractivity contribution in [1.29, 1.82) is 0 Å². The lowest BCUT2D eigenvalue weighted by atomic mass is 10.0. The number of carbonyl (C=O) groups excluding carboxylic acids is 1. The van der Waals surface area contributed by atoms with Crippen LogP contribution in [0.2, 0.25) is 0 Å². The zero-order chi connectivity index (χ0) is 25.9. The Labute approximate surface area is 198 Å². The van der Waals surface area contributed by atoms with Crippen molar-refractivity contribution >= 4 is 23.4 Å². The molecule has 0 aliphatic rings. The number of aliphatic carboxylic acids is 1. The van der Waals surface area contributed by atoms with Crippen molar-refractivity contribution in [3.63, 3.8) is 0 Å². The van der Waals surface area contributed by atoms with Crippen LogP contribution in [0.3, 0.4) is 0 Å². The van der Waals surface area contributed by atoms with Gasteiger partial charge in [0.2, 0.25) is 0 Å². The lowest BCUT2D eigenvalue weighted by Gasteiger charge is -2.25. The molecule has 0 unspecified atom stereocenters. The van der Waals surface area contributed by atoms with Gasteiger partial charge in [-0.1, -0.05) is 0 Å². The predicted molar refractivity (Wildman–Crippen MR) is 124 cm³/mol. The normalized spacial score (nSPS) is 10.7. The third-order valence-corrected chi connectivity index (χ3v) is 5.29. The second-order valence-corrected chi connectivity index (χ2v) is 7.64. The SMILES string of the molecule is COc1cc(-c2ccc(F)cc2F)cc(N(C(=O)NCCC(=O)O)c2c(O)cc(C)n(C)c2=O)c1. The van der Waals surface area contributed by atoms with Gasteiger partial charge in [0.25, 0.3) is 5.56 Å². The van der Waals surface area contributed by atoms with E-state index < -0.39 is 40.6 Å². The molecule has 0 bridgehead atoms. The second-order valence-electron chi connectivity index (χ2n) is 7.64. The first-order valence-electron chi connectivity index (χ1n) is 10.4. The fourth-order valence-corrected chi connectivity index (χ4v) is 3.41. The first-order chi connectivity index (χ1) is 16.5. The predicted octanol–water partition coefficient (Wildman–Crippen LogP) is 3.68. The summed E-state index contributed by atoms with van der Waals surface area (Å²) in [5.41, 5.74) is -0.505. The van der Waals surface area contributed by atoms with E-state index in [4.69, 9.17) is 9.84 Å². The number of aromatic nitrogens is 1. The minimum Gasteiger partial charge on any atom is -0.505 e. The summed E-state index contributed by atoms with van der Waals surface area (Å²) in [6.07, 6.45) is -0.387. The number of benzene rings is 2. The number of amides is 2. The van der Waals surface area contributed by atoms with Gasteiger partial charge < -0.3 is 24.8 Å². The Morgan fingerprint density at radius 2 is 1.86 bits per heavy atom. The van der Waals surface area contributed by atoms with Gasteiger partial charge in [0.05, 0.1) is 19.2 Å². The number of aryl methyl sites for hydroxylation is 1. The smallest absolute Gasteiger partial charge is 0.326 e. The van der Waals surface area contributed by atoms with Crippen LogP contribution in [0, 0.1) is 18.6 Å². The largest absolute Gasteiger partial charge is 0.505 e. The van der Waals surface area contributed by atoms with Gasteiger partial charge in [-0.2, -0.15) is 0 Å². The molecular formula is C24H23F2N3O6. The number of nitrogens with zero attached hydrogens (tertiary/aromatic N) is 2. The molecule has 184 valence electrons. The Morgan fingerprint density at radius 3 is 2.49 bits per heavy atom. The molecule has 9 nitrogen and oxygen atoms in total. The van der Waals surface area contributed by atoms with E-state index in [0.29, 0.717) is 11.8 Å². The molecule has 2 amide bonds. The van der Waals surface area contributed by atoms with Crippen LogP contribution in [0.1, 0.15) is 12.1 Å². The molecule has 3 N–H and O–H groups in total. The van der Waals surface area contributed by atoms with Crippen LogP contribution >= 0.6 is 0 Å². The average molecular weight is 487 g/mol. The lowest BCUT2D eigenvalue weighted by molar-refractivity contribution is -0.136. The highest BCUT2D eigenvalue weighted by molar-refractivity contribution is 6.01. The standard InChI is InChI=1S/C24H23F2N3O6/c1-13-8-20(30)22(23(33)28(13)2)29(24(34)27-7-6-21(31)32)16-9-14(10-17(12-16)35-3)18-5-4-15(25)11-19(18)26/h4-5,8-12,30H,6-7H2,1-3H3,(H,27,34)(H,31,32). The van der Waals surface area contributed by atoms with E-state index in [1.807, 2.05) is 0 Å². The number of urea groups is 1. The van der Waals surface area contributed by atoms with Gasteiger partial charge in [-0.05, 0) is 36.8 Å². The quantitative estimate of drug-likeness (QED) is 0.468. The molecule has 0 aliphatic heterocycles. The maximum absolute atomic E-state index is 14.5. The molecule has 0 atom stereocenters. The number of ether oxygens (including phenoxy) is 1. The van der Waals surface area contributed by atoms with Crippen LogP contribution in [0.25, 0.3) is 11.1 Å². The van der Waals surface area contributed by atoms with Crippen LogP contribution < -0.4 is 20.5 Å². The van der Waals surface area contributed by atoms with Crippen molar-refractivity contribution in [2.24, 2.45) is 7.05 Å². The van der Waals surface area contributed by atoms with E-state index in [9.17, 15) is 28.3 Å². The maximum atomic E-state index is 14.5. The van der Waals surface area contributed by atoms with E-state index in [-0.39, 0.29) is 35.5 Å². The maximum Gasteiger partial charge on any atom is 0.326 e. The summed E-state index contributed by atoms with van der Waals surface area (Å²) >= 11 is 0. The van der Waals surface area contributed by atoms with E-state index in [0.717, 1.165) is 11.0 Å². The fraction of sp³-hybridized carbons (Fsp3) is 0.208. The van der Waals surface area contributed by atoms with E-state index in [1.54, 1.807) is 6.92 Å². The second kappa shape index (κ2) is 10.2. The van der Waals surface area contributed by atoms with Crippen molar-refractivity contribution in [2.75, 3.05) is 18.6 Å². The molecule has 0 fully saturated rings. The van der Waals surface area contributed by atoms with Crippen LogP contribution in [0.5, 0.6) is 11.5 Å². The number of anilines is 2. The zero-order valence-corrected chi connectivity index (χ0v) is 19.1. The number of nitrogens with one attached hydrogen (secondary N) is 1. The number of hydrogen-bond acceptors (Lipinski definition) is 5. The molecule has 2 aromatic carbocycles. The Balaban J connectivity index is 2.24. The van der Waals surface area contributed by atoms with E-state index in [1.165, 1.54) is 49.1 Å². The van der Waals surface area contributed by atoms with Crippen molar-refractivity contribution in [2.45, 2.75) is 13.3 Å². The molecule has 0 saturated heterocycles. The number of pyridine rings is 1. The lowest BCUT2D eigenvalue weighted by Crippen LogP contribution is -2.41. The highest BCUT2D eigenvalue weighted by Crippen LogP contribution is 2.37. The fourth-order valence-electron chi connectivity index (χ4n) is 3.41. The van der Waals surface area contributed by atoms with Crippen LogP contribution in [0.15, 0.2) is 47.3 Å². The highest BCUT2D eigenvalue weighted by Gasteiger charge is 2.27.